The summed E-state index contributed by atoms with van der Waals surface area (Å²) < 4.78 is 5.12. The van der Waals surface area contributed by atoms with Crippen LogP contribution in [0, 0.1) is 23.2 Å². The summed E-state index contributed by atoms with van der Waals surface area (Å²) in [5, 5.41) is 13.0. The van der Waals surface area contributed by atoms with Crippen LogP contribution in [0.5, 0.6) is 0 Å². The third-order valence-corrected chi connectivity index (χ3v) is 9.79. The molecular formula is C33H47N5O2S. The van der Waals surface area contributed by atoms with Gasteiger partial charge in [0.1, 0.15) is 11.9 Å². The minimum Gasteiger partial charge on any atom is -0.479 e. The molecule has 0 bridgehead atoms. The van der Waals surface area contributed by atoms with Gasteiger partial charge in [-0.1, -0.05) is 43.2 Å². The van der Waals surface area contributed by atoms with Crippen molar-refractivity contribution in [2.75, 3.05) is 38.1 Å². The van der Waals surface area contributed by atoms with Gasteiger partial charge in [-0.25, -0.2) is 4.99 Å². The summed E-state index contributed by atoms with van der Waals surface area (Å²) in [6.45, 7) is 14.7. The van der Waals surface area contributed by atoms with E-state index in [1.807, 2.05) is 26.1 Å². The highest BCUT2D eigenvalue weighted by Crippen LogP contribution is 2.38. The Morgan fingerprint density at radius 3 is 2.71 bits per heavy atom. The van der Waals surface area contributed by atoms with Gasteiger partial charge in [-0.2, -0.15) is 5.26 Å². The Morgan fingerprint density at radius 1 is 1.27 bits per heavy atom. The summed E-state index contributed by atoms with van der Waals surface area (Å²) in [4.78, 5) is 21.3. The van der Waals surface area contributed by atoms with E-state index in [0.29, 0.717) is 12.1 Å². The number of amides is 1. The predicted molar refractivity (Wildman–Crippen MR) is 170 cm³/mol. The molecule has 8 heteroatoms. The third-order valence-electron chi connectivity index (χ3n) is 8.43. The van der Waals surface area contributed by atoms with Gasteiger partial charge in [0.05, 0.1) is 22.2 Å². The van der Waals surface area contributed by atoms with E-state index in [2.05, 4.69) is 59.4 Å². The molecule has 3 fully saturated rings. The second-order valence-electron chi connectivity index (χ2n) is 12.2. The largest absolute Gasteiger partial charge is 0.479 e. The number of nitrogens with one attached hydrogen (secondary N) is 1. The maximum Gasteiger partial charge on any atom is 0.244 e. The van der Waals surface area contributed by atoms with Crippen LogP contribution in [0.25, 0.3) is 0 Å². The summed E-state index contributed by atoms with van der Waals surface area (Å²) in [6, 6.07) is 10.8. The molecule has 1 N–H and O–H groups in total. The number of rotatable bonds is 7. The molecule has 1 amide bonds. The van der Waals surface area contributed by atoms with Crippen LogP contribution in [0.1, 0.15) is 72.3 Å². The number of carbonyl (C=O) groups excluding carboxylic acids is 1. The number of carbonyl (C=O) groups is 1. The number of hydrogen-bond acceptors (Lipinski definition) is 7. The number of nitrogens with zero attached hydrogens (tertiary/aromatic N) is 4. The predicted octanol–water partition coefficient (Wildman–Crippen LogP) is 6.60. The van der Waals surface area contributed by atoms with Gasteiger partial charge in [0.15, 0.2) is 5.90 Å². The van der Waals surface area contributed by atoms with Gasteiger partial charge in [0.2, 0.25) is 5.91 Å². The third kappa shape index (κ3) is 8.62. The van der Waals surface area contributed by atoms with Gasteiger partial charge in [-0.15, -0.1) is 0 Å². The second kappa shape index (κ2) is 14.4. The molecule has 1 aromatic carbocycles. The molecule has 7 nitrogen and oxygen atoms in total. The van der Waals surface area contributed by atoms with Crippen LogP contribution in [0.15, 0.2) is 52.1 Å². The first-order valence-electron chi connectivity index (χ1n) is 15.2. The van der Waals surface area contributed by atoms with Gasteiger partial charge >= 0.3 is 0 Å². The Kier molecular flexibility index (Phi) is 11.0. The lowest BCUT2D eigenvalue weighted by Crippen LogP contribution is -2.42. The molecule has 1 saturated carbocycles. The molecule has 4 aliphatic rings. The zero-order valence-corrected chi connectivity index (χ0v) is 26.3. The van der Waals surface area contributed by atoms with E-state index >= 15 is 0 Å². The van der Waals surface area contributed by atoms with Gasteiger partial charge in [-0.05, 0) is 95.3 Å². The highest BCUT2D eigenvalue weighted by atomic mass is 32.2. The van der Waals surface area contributed by atoms with Crippen molar-refractivity contribution >= 4 is 29.3 Å². The van der Waals surface area contributed by atoms with Crippen molar-refractivity contribution in [1.82, 2.24) is 9.80 Å². The number of nitriles is 1. The lowest BCUT2D eigenvalue weighted by Gasteiger charge is -2.41. The van der Waals surface area contributed by atoms with Crippen LogP contribution >= 0.6 is 11.8 Å². The first-order chi connectivity index (χ1) is 19.7. The average molecular weight is 578 g/mol. The number of likely N-dealkylation sites (tertiary alicyclic amines) is 1. The number of hydrogen-bond donors (Lipinski definition) is 1. The van der Waals surface area contributed by atoms with Gasteiger partial charge in [-0.3, -0.25) is 4.79 Å². The Labute approximate surface area is 251 Å². The summed E-state index contributed by atoms with van der Waals surface area (Å²) >= 11 is 1.46. The van der Waals surface area contributed by atoms with E-state index in [9.17, 15) is 10.1 Å². The molecule has 222 valence electrons. The van der Waals surface area contributed by atoms with Crippen LogP contribution < -0.4 is 5.32 Å². The maximum atomic E-state index is 12.7. The molecule has 5 rings (SSSR count). The van der Waals surface area contributed by atoms with E-state index in [1.165, 1.54) is 62.5 Å². The SMILES string of the molecule is CC1=NC(C)(C)CO1.CCN1C(=O)C(C=CNc2cccc(CCN3CCC4CCCCC4C3)c2)S/C1=C(\C)C#N. The fourth-order valence-electron chi connectivity index (χ4n) is 6.23. The molecule has 3 heterocycles. The van der Waals surface area contributed by atoms with Crippen molar-refractivity contribution in [1.29, 1.82) is 5.26 Å². The van der Waals surface area contributed by atoms with Gasteiger partial charge < -0.3 is 19.9 Å². The Hall–Kier alpha value is -2.76. The maximum absolute atomic E-state index is 12.7. The van der Waals surface area contributed by atoms with Gasteiger partial charge in [0, 0.05) is 32.2 Å². The Bertz CT molecular complexity index is 1200. The normalized spacial score (nSPS) is 26.9. The standard InChI is InChI=1S/C27H36N4OS.C6H11NO/c1-3-31-26(32)25(33-27(31)20(2)18-28)11-14-29-24-10-6-7-21(17-24)12-15-30-16-13-22-8-4-5-9-23(22)19-30;1-5-7-6(2,3)4-8-5/h6-7,10-11,14,17,22-23,25,29H,3-5,8-9,12-13,15-16,19H2,1-2H3;4H2,1-3H3/b14-11?,27-20+;. The van der Waals surface area contributed by atoms with E-state index in [4.69, 9.17) is 4.74 Å². The average Bonchev–Trinajstić information content (AvgIpc) is 3.47. The van der Waals surface area contributed by atoms with Crippen molar-refractivity contribution in [3.8, 4) is 6.07 Å². The first kappa shape index (κ1) is 31.2. The number of benzene rings is 1. The van der Waals surface area contributed by atoms with Crippen LogP contribution in [-0.2, 0) is 16.0 Å². The summed E-state index contributed by atoms with van der Waals surface area (Å²) in [5.41, 5.74) is 3.02. The molecular weight excluding hydrogens is 530 g/mol. The van der Waals surface area contributed by atoms with E-state index < -0.39 is 0 Å². The number of piperidine rings is 1. The minimum absolute atomic E-state index is 0.0318. The summed E-state index contributed by atoms with van der Waals surface area (Å²) in [5.74, 6) is 2.77. The number of fused-ring (bicyclic) bond motifs is 1. The topological polar surface area (TPSA) is 81.0 Å². The molecule has 3 aliphatic heterocycles. The fraction of sp³-hybridized carbons (Fsp3) is 0.606. The second-order valence-corrected chi connectivity index (χ2v) is 13.4. The number of ether oxygens (including phenoxy) is 1. The van der Waals surface area contributed by atoms with E-state index in [-0.39, 0.29) is 16.7 Å². The quantitative estimate of drug-likeness (QED) is 0.368. The van der Waals surface area contributed by atoms with Crippen molar-refractivity contribution in [3.05, 3.63) is 52.7 Å². The zero-order chi connectivity index (χ0) is 29.4. The van der Waals surface area contributed by atoms with Crippen molar-refractivity contribution in [3.63, 3.8) is 0 Å². The molecule has 0 aromatic heterocycles. The molecule has 3 atom stereocenters. The summed E-state index contributed by atoms with van der Waals surface area (Å²) in [6.07, 6.45) is 12.0. The Morgan fingerprint density at radius 2 is 2.05 bits per heavy atom. The van der Waals surface area contributed by atoms with Crippen molar-refractivity contribution < 1.29 is 9.53 Å². The minimum atomic E-state index is -0.290. The number of aliphatic imine (C=N–C) groups is 1. The Balaban J connectivity index is 0.000000417. The first-order valence-corrected chi connectivity index (χ1v) is 16.1. The smallest absolute Gasteiger partial charge is 0.244 e. The highest BCUT2D eigenvalue weighted by Gasteiger charge is 2.35. The molecule has 2 saturated heterocycles. The number of thioether (sulfide) groups is 1. The molecule has 0 spiro atoms. The fourth-order valence-corrected chi connectivity index (χ4v) is 7.43. The lowest BCUT2D eigenvalue weighted by molar-refractivity contribution is -0.126. The van der Waals surface area contributed by atoms with Crippen LogP contribution in [0.3, 0.4) is 0 Å². The number of allylic oxidation sites excluding steroid dienone is 1. The highest BCUT2D eigenvalue weighted by molar-refractivity contribution is 8.05. The molecule has 0 radical (unpaired) electrons. The van der Waals surface area contributed by atoms with Crippen molar-refractivity contribution in [2.24, 2.45) is 16.8 Å². The zero-order valence-electron chi connectivity index (χ0n) is 25.5. The molecule has 3 unspecified atom stereocenters. The summed E-state index contributed by atoms with van der Waals surface area (Å²) in [7, 11) is 0. The van der Waals surface area contributed by atoms with Crippen LogP contribution in [0.2, 0.25) is 0 Å². The van der Waals surface area contributed by atoms with Crippen molar-refractivity contribution in [2.45, 2.75) is 83.9 Å². The van der Waals surface area contributed by atoms with E-state index in [1.54, 1.807) is 11.8 Å². The van der Waals surface area contributed by atoms with Crippen LogP contribution in [-0.4, -0.2) is 65.2 Å². The molecule has 1 aliphatic carbocycles. The van der Waals surface area contributed by atoms with E-state index in [0.717, 1.165) is 48.0 Å². The lowest BCUT2D eigenvalue weighted by atomic mass is 9.75. The molecule has 41 heavy (non-hydrogen) atoms. The van der Waals surface area contributed by atoms with Gasteiger partial charge in [0.25, 0.3) is 0 Å². The molecule has 1 aromatic rings. The number of anilines is 1. The monoisotopic (exact) mass is 577 g/mol. The van der Waals surface area contributed by atoms with Crippen LogP contribution in [0.4, 0.5) is 5.69 Å².